The molecule has 2 N–H and O–H groups in total. The third-order valence-corrected chi connectivity index (χ3v) is 3.19. The molecule has 2 aromatic heterocycles. The highest BCUT2D eigenvalue weighted by atomic mass is 16.4. The molecule has 20 heavy (non-hydrogen) atoms. The van der Waals surface area contributed by atoms with Gasteiger partial charge in [0.1, 0.15) is 17.5 Å². The number of hydrogen-bond acceptors (Lipinski definition) is 6. The fourth-order valence-electron chi connectivity index (χ4n) is 2.27. The molecule has 0 unspecified atom stereocenters. The molecule has 0 saturated carbocycles. The molecule has 2 aromatic rings. The van der Waals surface area contributed by atoms with E-state index in [1.807, 2.05) is 11.6 Å². The Morgan fingerprint density at radius 2 is 2.30 bits per heavy atom. The van der Waals surface area contributed by atoms with Gasteiger partial charge in [0, 0.05) is 12.5 Å². The lowest BCUT2D eigenvalue weighted by Crippen LogP contribution is -2.32. The van der Waals surface area contributed by atoms with Crippen molar-refractivity contribution in [2.75, 3.05) is 5.32 Å². The first-order valence-corrected chi connectivity index (χ1v) is 6.34. The molecule has 0 spiro atoms. The summed E-state index contributed by atoms with van der Waals surface area (Å²) in [6.45, 7) is 2.60. The van der Waals surface area contributed by atoms with Crippen molar-refractivity contribution in [2.24, 2.45) is 0 Å². The SMILES string of the molecule is Cc1nc2n(n1)C[C@@H](Nc1cnc(C(=O)O)cn1)CC2. The van der Waals surface area contributed by atoms with Crippen molar-refractivity contribution in [3.63, 3.8) is 0 Å². The summed E-state index contributed by atoms with van der Waals surface area (Å²) in [4.78, 5) is 22.9. The van der Waals surface area contributed by atoms with Crippen LogP contribution in [0.5, 0.6) is 0 Å². The van der Waals surface area contributed by atoms with Crippen LogP contribution >= 0.6 is 0 Å². The van der Waals surface area contributed by atoms with Crippen molar-refractivity contribution in [1.29, 1.82) is 0 Å². The molecule has 1 aliphatic rings. The van der Waals surface area contributed by atoms with E-state index in [0.29, 0.717) is 5.82 Å². The van der Waals surface area contributed by atoms with E-state index >= 15 is 0 Å². The number of nitrogens with zero attached hydrogens (tertiary/aromatic N) is 5. The molecule has 0 fully saturated rings. The van der Waals surface area contributed by atoms with Gasteiger partial charge in [-0.05, 0) is 13.3 Å². The number of aryl methyl sites for hydroxylation is 2. The van der Waals surface area contributed by atoms with Gasteiger partial charge in [-0.2, -0.15) is 5.10 Å². The number of aromatic carboxylic acids is 1. The van der Waals surface area contributed by atoms with Gasteiger partial charge in [0.05, 0.1) is 18.9 Å². The summed E-state index contributed by atoms with van der Waals surface area (Å²) in [6, 6.07) is 0.188. The second-order valence-electron chi connectivity index (χ2n) is 4.73. The lowest BCUT2D eigenvalue weighted by molar-refractivity contribution is 0.0690. The van der Waals surface area contributed by atoms with E-state index in [2.05, 4.69) is 25.4 Å². The number of nitrogens with one attached hydrogen (secondary N) is 1. The van der Waals surface area contributed by atoms with Gasteiger partial charge in [-0.3, -0.25) is 0 Å². The zero-order chi connectivity index (χ0) is 14.1. The molecule has 3 heterocycles. The summed E-state index contributed by atoms with van der Waals surface area (Å²) in [5.74, 6) is 1.28. The van der Waals surface area contributed by atoms with Gasteiger partial charge >= 0.3 is 5.97 Å². The van der Waals surface area contributed by atoms with E-state index in [1.54, 1.807) is 0 Å². The van der Waals surface area contributed by atoms with Gasteiger partial charge in [0.25, 0.3) is 0 Å². The Morgan fingerprint density at radius 1 is 1.45 bits per heavy atom. The Hall–Kier alpha value is -2.51. The van der Waals surface area contributed by atoms with Gasteiger partial charge < -0.3 is 10.4 Å². The molecule has 0 amide bonds. The highest BCUT2D eigenvalue weighted by molar-refractivity contribution is 5.84. The lowest BCUT2D eigenvalue weighted by atomic mass is 10.1. The Kier molecular flexibility index (Phi) is 3.05. The molecular weight excluding hydrogens is 260 g/mol. The van der Waals surface area contributed by atoms with Gasteiger partial charge in [0.15, 0.2) is 5.69 Å². The van der Waals surface area contributed by atoms with Crippen molar-refractivity contribution in [1.82, 2.24) is 24.7 Å². The normalized spacial score (nSPS) is 17.6. The highest BCUT2D eigenvalue weighted by Crippen LogP contribution is 2.16. The van der Waals surface area contributed by atoms with E-state index in [1.165, 1.54) is 12.4 Å². The van der Waals surface area contributed by atoms with Gasteiger partial charge in [-0.1, -0.05) is 0 Å². The first kappa shape index (κ1) is 12.5. The molecule has 8 heteroatoms. The number of carbonyl (C=O) groups is 1. The fraction of sp³-hybridized carbons (Fsp3) is 0.417. The average Bonchev–Trinajstić information content (AvgIpc) is 2.78. The van der Waals surface area contributed by atoms with E-state index in [-0.39, 0.29) is 11.7 Å². The highest BCUT2D eigenvalue weighted by Gasteiger charge is 2.21. The van der Waals surface area contributed by atoms with Crippen molar-refractivity contribution in [3.05, 3.63) is 29.7 Å². The molecule has 3 rings (SSSR count). The molecular formula is C12H14N6O2. The molecule has 0 bridgehead atoms. The first-order valence-electron chi connectivity index (χ1n) is 6.34. The van der Waals surface area contributed by atoms with Crippen LogP contribution in [0.1, 0.15) is 28.6 Å². The Morgan fingerprint density at radius 3 is 3.00 bits per heavy atom. The van der Waals surface area contributed by atoms with Crippen LogP contribution < -0.4 is 5.32 Å². The standard InChI is InChI=1S/C12H14N6O2/c1-7-15-11-3-2-8(6-18(11)17-7)16-10-5-13-9(4-14-10)12(19)20/h4-5,8H,2-3,6H2,1H3,(H,14,16)(H,19,20)/t8-/m0/s1. The number of fused-ring (bicyclic) bond motifs is 1. The quantitative estimate of drug-likeness (QED) is 0.839. The largest absolute Gasteiger partial charge is 0.476 e. The van der Waals surface area contributed by atoms with E-state index < -0.39 is 5.97 Å². The number of rotatable bonds is 3. The molecule has 0 saturated heterocycles. The summed E-state index contributed by atoms with van der Waals surface area (Å²) in [7, 11) is 0. The summed E-state index contributed by atoms with van der Waals surface area (Å²) >= 11 is 0. The van der Waals surface area contributed by atoms with Crippen LogP contribution in [0.15, 0.2) is 12.4 Å². The number of hydrogen-bond donors (Lipinski definition) is 2. The minimum absolute atomic E-state index is 0.0617. The summed E-state index contributed by atoms with van der Waals surface area (Å²) < 4.78 is 1.90. The Bertz CT molecular complexity index is 636. The predicted molar refractivity (Wildman–Crippen MR) is 69.5 cm³/mol. The van der Waals surface area contributed by atoms with E-state index in [4.69, 9.17) is 5.11 Å². The van der Waals surface area contributed by atoms with E-state index in [0.717, 1.165) is 31.0 Å². The minimum atomic E-state index is -1.08. The van der Waals surface area contributed by atoms with Gasteiger partial charge in [-0.25, -0.2) is 24.4 Å². The van der Waals surface area contributed by atoms with Crippen LogP contribution in [-0.4, -0.2) is 41.9 Å². The maximum absolute atomic E-state index is 10.7. The smallest absolute Gasteiger partial charge is 0.356 e. The van der Waals surface area contributed by atoms with Crippen LogP contribution in [0.4, 0.5) is 5.82 Å². The number of aromatic nitrogens is 5. The number of carboxylic acid groups (broad SMARTS) is 1. The van der Waals surface area contributed by atoms with Crippen LogP contribution in [0.25, 0.3) is 0 Å². The Balaban J connectivity index is 1.68. The molecule has 0 aromatic carbocycles. The molecule has 1 atom stereocenters. The van der Waals surface area contributed by atoms with Crippen molar-refractivity contribution in [2.45, 2.75) is 32.4 Å². The molecule has 8 nitrogen and oxygen atoms in total. The Labute approximate surface area is 114 Å². The lowest BCUT2D eigenvalue weighted by Gasteiger charge is -2.23. The third-order valence-electron chi connectivity index (χ3n) is 3.19. The summed E-state index contributed by atoms with van der Waals surface area (Å²) in [5, 5.41) is 16.3. The van der Waals surface area contributed by atoms with Crippen molar-refractivity contribution >= 4 is 11.8 Å². The van der Waals surface area contributed by atoms with E-state index in [9.17, 15) is 4.79 Å². The first-order chi connectivity index (χ1) is 9.61. The second-order valence-corrected chi connectivity index (χ2v) is 4.73. The topological polar surface area (TPSA) is 106 Å². The second kappa shape index (κ2) is 4.87. The summed E-state index contributed by atoms with van der Waals surface area (Å²) in [6.07, 6.45) is 4.48. The molecule has 104 valence electrons. The molecule has 0 aliphatic carbocycles. The van der Waals surface area contributed by atoms with Crippen molar-refractivity contribution in [3.8, 4) is 0 Å². The van der Waals surface area contributed by atoms with Crippen LogP contribution in [0.2, 0.25) is 0 Å². The third kappa shape index (κ3) is 2.44. The van der Waals surface area contributed by atoms with Gasteiger partial charge in [-0.15, -0.1) is 0 Å². The predicted octanol–water partition coefficient (Wildman–Crippen LogP) is 0.502. The maximum Gasteiger partial charge on any atom is 0.356 e. The van der Waals surface area contributed by atoms with Crippen LogP contribution in [0, 0.1) is 6.92 Å². The zero-order valence-electron chi connectivity index (χ0n) is 10.9. The number of carboxylic acids is 1. The zero-order valence-corrected chi connectivity index (χ0v) is 10.9. The maximum atomic E-state index is 10.7. The number of anilines is 1. The van der Waals surface area contributed by atoms with Gasteiger partial charge in [0.2, 0.25) is 0 Å². The van der Waals surface area contributed by atoms with Crippen LogP contribution in [0.3, 0.4) is 0 Å². The average molecular weight is 274 g/mol. The van der Waals surface area contributed by atoms with Crippen LogP contribution in [-0.2, 0) is 13.0 Å². The molecule has 0 radical (unpaired) electrons. The van der Waals surface area contributed by atoms with Crippen molar-refractivity contribution < 1.29 is 9.90 Å². The monoisotopic (exact) mass is 274 g/mol. The summed E-state index contributed by atoms with van der Waals surface area (Å²) in [5.41, 5.74) is -0.0617. The molecule has 1 aliphatic heterocycles. The fourth-order valence-corrected chi connectivity index (χ4v) is 2.27. The minimum Gasteiger partial charge on any atom is -0.476 e.